The lowest BCUT2D eigenvalue weighted by molar-refractivity contribution is 0.102. The second-order valence-corrected chi connectivity index (χ2v) is 3.99. The Bertz CT molecular complexity index is 517. The first-order valence-corrected chi connectivity index (χ1v) is 5.24. The standard InChI is InChI=1S/C8H10N6OS/c1-4-6(9)7(14(2)12-4)11-8(15)5-3-10-13-16-5/h3H,9H2,1-2H3,(H,11,15). The molecule has 3 N–H and O–H groups in total. The average Bonchev–Trinajstić information content (AvgIpc) is 2.83. The predicted molar refractivity (Wildman–Crippen MR) is 60.2 cm³/mol. The van der Waals surface area contributed by atoms with Crippen LogP contribution in [0.15, 0.2) is 6.20 Å². The van der Waals surface area contributed by atoms with Crippen molar-refractivity contribution in [2.45, 2.75) is 6.92 Å². The zero-order chi connectivity index (χ0) is 11.7. The number of nitrogens with one attached hydrogen (secondary N) is 1. The third-order valence-corrected chi connectivity index (χ3v) is 2.75. The van der Waals surface area contributed by atoms with Gasteiger partial charge in [0, 0.05) is 7.05 Å². The second-order valence-electron chi connectivity index (χ2n) is 3.21. The highest BCUT2D eigenvalue weighted by molar-refractivity contribution is 7.07. The summed E-state index contributed by atoms with van der Waals surface area (Å²) < 4.78 is 5.14. The van der Waals surface area contributed by atoms with Gasteiger partial charge in [0.2, 0.25) is 0 Å². The van der Waals surface area contributed by atoms with E-state index in [1.807, 2.05) is 0 Å². The molecule has 0 spiro atoms. The van der Waals surface area contributed by atoms with Gasteiger partial charge in [-0.15, -0.1) is 5.10 Å². The number of hydrogen-bond acceptors (Lipinski definition) is 6. The maximum Gasteiger partial charge on any atom is 0.270 e. The average molecular weight is 238 g/mol. The topological polar surface area (TPSA) is 98.7 Å². The number of amides is 1. The number of nitrogen functional groups attached to an aromatic ring is 1. The molecule has 2 aromatic heterocycles. The van der Waals surface area contributed by atoms with Crippen molar-refractivity contribution in [1.82, 2.24) is 19.4 Å². The largest absolute Gasteiger partial charge is 0.394 e. The molecule has 0 radical (unpaired) electrons. The molecule has 0 fully saturated rings. The minimum Gasteiger partial charge on any atom is -0.394 e. The number of nitrogens with zero attached hydrogens (tertiary/aromatic N) is 4. The van der Waals surface area contributed by atoms with Crippen LogP contribution in [0.25, 0.3) is 0 Å². The molecule has 8 heteroatoms. The first kappa shape index (κ1) is 10.6. The predicted octanol–water partition coefficient (Wildman–Crippen LogP) is 0.415. The number of aryl methyl sites for hydroxylation is 2. The van der Waals surface area contributed by atoms with Crippen LogP contribution in [0.2, 0.25) is 0 Å². The molecule has 7 nitrogen and oxygen atoms in total. The molecule has 0 unspecified atom stereocenters. The fourth-order valence-corrected chi connectivity index (χ4v) is 1.67. The highest BCUT2D eigenvalue weighted by Gasteiger charge is 2.15. The fraction of sp³-hybridized carbons (Fsp3) is 0.250. The normalized spacial score (nSPS) is 10.4. The molecule has 0 saturated carbocycles. The van der Waals surface area contributed by atoms with Gasteiger partial charge in [-0.3, -0.25) is 9.48 Å². The lowest BCUT2D eigenvalue weighted by Crippen LogP contribution is -2.14. The van der Waals surface area contributed by atoms with Crippen LogP contribution in [0.5, 0.6) is 0 Å². The van der Waals surface area contributed by atoms with Gasteiger partial charge in [0.1, 0.15) is 4.88 Å². The van der Waals surface area contributed by atoms with Gasteiger partial charge in [-0.05, 0) is 18.5 Å². The van der Waals surface area contributed by atoms with Crippen molar-refractivity contribution >= 4 is 28.9 Å². The molecule has 0 aliphatic rings. The minimum atomic E-state index is -0.287. The smallest absolute Gasteiger partial charge is 0.270 e. The molecule has 0 aliphatic heterocycles. The van der Waals surface area contributed by atoms with Crippen molar-refractivity contribution in [2.24, 2.45) is 7.05 Å². The Labute approximate surface area is 95.4 Å². The van der Waals surface area contributed by atoms with Crippen molar-refractivity contribution in [3.63, 3.8) is 0 Å². The van der Waals surface area contributed by atoms with E-state index in [0.29, 0.717) is 22.1 Å². The van der Waals surface area contributed by atoms with E-state index in [1.165, 1.54) is 10.9 Å². The van der Waals surface area contributed by atoms with Crippen molar-refractivity contribution in [1.29, 1.82) is 0 Å². The Morgan fingerprint density at radius 1 is 1.62 bits per heavy atom. The van der Waals surface area contributed by atoms with Crippen LogP contribution in [-0.2, 0) is 7.05 Å². The zero-order valence-electron chi connectivity index (χ0n) is 8.76. The maximum absolute atomic E-state index is 11.7. The lowest BCUT2D eigenvalue weighted by Gasteiger charge is -2.03. The Balaban J connectivity index is 2.25. The van der Waals surface area contributed by atoms with E-state index in [0.717, 1.165) is 11.5 Å². The summed E-state index contributed by atoms with van der Waals surface area (Å²) in [6.45, 7) is 1.78. The molecular formula is C8H10N6OS. The minimum absolute atomic E-state index is 0.287. The number of anilines is 2. The molecular weight excluding hydrogens is 228 g/mol. The van der Waals surface area contributed by atoms with E-state index in [-0.39, 0.29) is 5.91 Å². The molecule has 2 aromatic rings. The molecule has 2 rings (SSSR count). The summed E-state index contributed by atoms with van der Waals surface area (Å²) in [4.78, 5) is 12.1. The van der Waals surface area contributed by atoms with Crippen LogP contribution < -0.4 is 11.1 Å². The first-order chi connectivity index (χ1) is 7.59. The first-order valence-electron chi connectivity index (χ1n) is 4.47. The summed E-state index contributed by atoms with van der Waals surface area (Å²) >= 11 is 1.03. The van der Waals surface area contributed by atoms with Crippen LogP contribution in [-0.4, -0.2) is 25.3 Å². The lowest BCUT2D eigenvalue weighted by atomic mass is 10.4. The van der Waals surface area contributed by atoms with Gasteiger partial charge in [-0.1, -0.05) is 4.49 Å². The monoisotopic (exact) mass is 238 g/mol. The van der Waals surface area contributed by atoms with Crippen LogP contribution >= 0.6 is 11.5 Å². The summed E-state index contributed by atoms with van der Waals surface area (Å²) in [7, 11) is 1.71. The van der Waals surface area contributed by atoms with E-state index in [4.69, 9.17) is 5.73 Å². The van der Waals surface area contributed by atoms with Gasteiger partial charge in [-0.2, -0.15) is 5.10 Å². The molecule has 0 saturated heterocycles. The van der Waals surface area contributed by atoms with Crippen LogP contribution in [0.3, 0.4) is 0 Å². The summed E-state index contributed by atoms with van der Waals surface area (Å²) in [6.07, 6.45) is 1.40. The van der Waals surface area contributed by atoms with E-state index in [2.05, 4.69) is 20.0 Å². The third-order valence-electron chi connectivity index (χ3n) is 2.09. The quantitative estimate of drug-likeness (QED) is 0.789. The number of carbonyl (C=O) groups excluding carboxylic acids is 1. The van der Waals surface area contributed by atoms with Gasteiger partial charge in [0.15, 0.2) is 5.82 Å². The maximum atomic E-state index is 11.7. The molecule has 0 bridgehead atoms. The molecule has 84 valence electrons. The molecule has 0 atom stereocenters. The van der Waals surface area contributed by atoms with Crippen LogP contribution in [0.1, 0.15) is 15.4 Å². The van der Waals surface area contributed by atoms with Crippen LogP contribution in [0, 0.1) is 6.92 Å². The van der Waals surface area contributed by atoms with E-state index >= 15 is 0 Å². The van der Waals surface area contributed by atoms with Gasteiger partial charge in [0.05, 0.1) is 17.6 Å². The highest BCUT2D eigenvalue weighted by Crippen LogP contribution is 2.21. The van der Waals surface area contributed by atoms with Crippen molar-refractivity contribution < 1.29 is 4.79 Å². The zero-order valence-corrected chi connectivity index (χ0v) is 9.58. The SMILES string of the molecule is Cc1nn(C)c(NC(=O)c2cnns2)c1N. The Hall–Kier alpha value is -1.96. The molecule has 0 aliphatic carbocycles. The van der Waals surface area contributed by atoms with Gasteiger partial charge < -0.3 is 11.1 Å². The molecule has 1 amide bonds. The van der Waals surface area contributed by atoms with E-state index in [9.17, 15) is 4.79 Å². The number of aromatic nitrogens is 4. The van der Waals surface area contributed by atoms with Crippen LogP contribution in [0.4, 0.5) is 11.5 Å². The summed E-state index contributed by atoms with van der Waals surface area (Å²) in [5.74, 6) is 0.195. The summed E-state index contributed by atoms with van der Waals surface area (Å²) in [5, 5.41) is 10.4. The number of rotatable bonds is 2. The summed E-state index contributed by atoms with van der Waals surface area (Å²) in [6, 6.07) is 0. The fourth-order valence-electron chi connectivity index (χ4n) is 1.26. The molecule has 16 heavy (non-hydrogen) atoms. The second kappa shape index (κ2) is 3.89. The highest BCUT2D eigenvalue weighted by atomic mass is 32.1. The van der Waals surface area contributed by atoms with Crippen molar-refractivity contribution in [3.05, 3.63) is 16.8 Å². The molecule has 2 heterocycles. The van der Waals surface area contributed by atoms with Crippen molar-refractivity contribution in [2.75, 3.05) is 11.1 Å². The van der Waals surface area contributed by atoms with Gasteiger partial charge >= 0.3 is 0 Å². The Kier molecular flexibility index (Phi) is 2.57. The summed E-state index contributed by atoms with van der Waals surface area (Å²) in [5.41, 5.74) is 6.93. The van der Waals surface area contributed by atoms with E-state index in [1.54, 1.807) is 14.0 Å². The third kappa shape index (κ3) is 1.74. The molecule has 0 aromatic carbocycles. The number of hydrogen-bond donors (Lipinski definition) is 2. The Morgan fingerprint density at radius 2 is 2.38 bits per heavy atom. The van der Waals surface area contributed by atoms with Gasteiger partial charge in [-0.25, -0.2) is 0 Å². The Morgan fingerprint density at radius 3 is 2.88 bits per heavy atom. The number of nitrogens with two attached hydrogens (primary N) is 1. The van der Waals surface area contributed by atoms with E-state index < -0.39 is 0 Å². The van der Waals surface area contributed by atoms with Gasteiger partial charge in [0.25, 0.3) is 5.91 Å². The number of carbonyl (C=O) groups is 1. The van der Waals surface area contributed by atoms with Crippen molar-refractivity contribution in [3.8, 4) is 0 Å².